The molecule has 0 aromatic carbocycles. The lowest BCUT2D eigenvalue weighted by Gasteiger charge is -2.19. The summed E-state index contributed by atoms with van der Waals surface area (Å²) in [5.41, 5.74) is 1.38. The number of hydrogen-bond acceptors (Lipinski definition) is 6. The average molecular weight is 352 g/mol. The van der Waals surface area contributed by atoms with Crippen LogP contribution >= 0.6 is 11.8 Å². The molecular formula is C14H20N6O3S. The second kappa shape index (κ2) is 6.08. The summed E-state index contributed by atoms with van der Waals surface area (Å²) in [7, 11) is 1.87. The number of hydrazine groups is 1. The molecule has 1 atom stereocenters. The molecule has 0 bridgehead atoms. The van der Waals surface area contributed by atoms with Crippen LogP contribution in [0.1, 0.15) is 44.9 Å². The number of amides is 4. The third-order valence-corrected chi connectivity index (χ3v) is 5.37. The average Bonchev–Trinajstić information content (AvgIpc) is 3.29. The Bertz CT molecular complexity index is 701. The molecule has 2 aliphatic rings. The standard InChI is InChI=1S/C14H20N6O3S/c1-4-14(2)11(22)20(12(23)15-14)18-9(21)7-24-13-17-16-10(19(13)3)8-5-6-8/h8H,4-7H2,1-3H3,(H,15,23)(H,18,21)/t14-/m1/s1. The molecule has 0 radical (unpaired) electrons. The number of imide groups is 1. The van der Waals surface area contributed by atoms with Crippen LogP contribution in [-0.2, 0) is 16.6 Å². The lowest BCUT2D eigenvalue weighted by atomic mass is 10.00. The molecule has 1 aromatic heterocycles. The smallest absolute Gasteiger partial charge is 0.322 e. The Kier molecular flexibility index (Phi) is 4.24. The van der Waals surface area contributed by atoms with Gasteiger partial charge in [-0.2, -0.15) is 5.01 Å². The van der Waals surface area contributed by atoms with Crippen LogP contribution in [0.2, 0.25) is 0 Å². The van der Waals surface area contributed by atoms with Crippen molar-refractivity contribution in [1.82, 2.24) is 30.5 Å². The van der Waals surface area contributed by atoms with E-state index in [0.717, 1.165) is 23.7 Å². The van der Waals surface area contributed by atoms with E-state index >= 15 is 0 Å². The van der Waals surface area contributed by atoms with Gasteiger partial charge in [-0.1, -0.05) is 18.7 Å². The quantitative estimate of drug-likeness (QED) is 0.571. The van der Waals surface area contributed by atoms with Gasteiger partial charge in [-0.3, -0.25) is 15.0 Å². The fourth-order valence-corrected chi connectivity index (χ4v) is 3.17. The maximum atomic E-state index is 12.2. The number of carbonyl (C=O) groups is 3. The molecule has 1 saturated carbocycles. The van der Waals surface area contributed by atoms with Gasteiger partial charge in [0.15, 0.2) is 5.16 Å². The van der Waals surface area contributed by atoms with Crippen molar-refractivity contribution in [2.75, 3.05) is 5.75 Å². The maximum Gasteiger partial charge on any atom is 0.344 e. The molecule has 2 heterocycles. The third-order valence-electron chi connectivity index (χ3n) is 4.35. The molecule has 1 aliphatic heterocycles. The lowest BCUT2D eigenvalue weighted by Crippen LogP contribution is -2.49. The largest absolute Gasteiger partial charge is 0.344 e. The molecule has 4 amide bonds. The van der Waals surface area contributed by atoms with Crippen molar-refractivity contribution in [3.8, 4) is 0 Å². The minimum atomic E-state index is -0.972. The van der Waals surface area contributed by atoms with Crippen LogP contribution in [-0.4, -0.2) is 48.9 Å². The van der Waals surface area contributed by atoms with Crippen molar-refractivity contribution in [3.05, 3.63) is 5.82 Å². The summed E-state index contributed by atoms with van der Waals surface area (Å²) in [6.07, 6.45) is 2.70. The predicted octanol–water partition coefficient (Wildman–Crippen LogP) is 0.536. The highest BCUT2D eigenvalue weighted by Crippen LogP contribution is 2.39. The lowest BCUT2D eigenvalue weighted by molar-refractivity contribution is -0.137. The Balaban J connectivity index is 1.56. The summed E-state index contributed by atoms with van der Waals surface area (Å²) in [5, 5.41) is 12.2. The van der Waals surface area contributed by atoms with E-state index in [4.69, 9.17) is 0 Å². The number of rotatable bonds is 6. The van der Waals surface area contributed by atoms with Crippen molar-refractivity contribution in [2.45, 2.75) is 49.7 Å². The normalized spacial score (nSPS) is 23.5. The third kappa shape index (κ3) is 2.97. The number of nitrogens with zero attached hydrogens (tertiary/aromatic N) is 4. The summed E-state index contributed by atoms with van der Waals surface area (Å²) in [5.74, 6) is 0.549. The first-order chi connectivity index (χ1) is 11.4. The fraction of sp³-hybridized carbons (Fsp3) is 0.643. The number of urea groups is 1. The number of carbonyl (C=O) groups excluding carboxylic acids is 3. The van der Waals surface area contributed by atoms with Crippen LogP contribution in [0.25, 0.3) is 0 Å². The Labute approximate surface area is 143 Å². The first-order valence-electron chi connectivity index (χ1n) is 7.84. The van der Waals surface area contributed by atoms with E-state index in [0.29, 0.717) is 17.5 Å². The summed E-state index contributed by atoms with van der Waals surface area (Å²) in [6.45, 7) is 3.43. The molecule has 10 heteroatoms. The fourth-order valence-electron chi connectivity index (χ4n) is 2.46. The molecule has 9 nitrogen and oxygen atoms in total. The second-order valence-electron chi connectivity index (χ2n) is 6.25. The summed E-state index contributed by atoms with van der Waals surface area (Å²) >= 11 is 1.22. The van der Waals surface area contributed by atoms with Crippen LogP contribution in [0.15, 0.2) is 5.16 Å². The predicted molar refractivity (Wildman–Crippen MR) is 85.9 cm³/mol. The van der Waals surface area contributed by atoms with Gasteiger partial charge in [-0.05, 0) is 26.2 Å². The zero-order valence-corrected chi connectivity index (χ0v) is 14.6. The summed E-state index contributed by atoms with van der Waals surface area (Å²) in [6, 6.07) is -0.614. The van der Waals surface area contributed by atoms with Gasteiger partial charge in [-0.15, -0.1) is 10.2 Å². The molecule has 1 saturated heterocycles. The SMILES string of the molecule is CC[C@@]1(C)NC(=O)N(NC(=O)CSc2nnc(C3CC3)n2C)C1=O. The highest BCUT2D eigenvalue weighted by molar-refractivity contribution is 7.99. The molecule has 1 aliphatic carbocycles. The Morgan fingerprint density at radius 1 is 1.42 bits per heavy atom. The van der Waals surface area contributed by atoms with E-state index in [1.54, 1.807) is 13.8 Å². The minimum Gasteiger partial charge on any atom is -0.322 e. The van der Waals surface area contributed by atoms with Crippen LogP contribution in [0.5, 0.6) is 0 Å². The molecule has 2 fully saturated rings. The zero-order chi connectivity index (χ0) is 17.5. The molecule has 24 heavy (non-hydrogen) atoms. The Morgan fingerprint density at radius 2 is 2.12 bits per heavy atom. The molecule has 0 spiro atoms. The number of aromatic nitrogens is 3. The molecule has 1 aromatic rings. The Morgan fingerprint density at radius 3 is 2.71 bits per heavy atom. The van der Waals surface area contributed by atoms with Crippen molar-refractivity contribution in [1.29, 1.82) is 0 Å². The van der Waals surface area contributed by atoms with Gasteiger partial charge >= 0.3 is 6.03 Å². The molecule has 0 unspecified atom stereocenters. The maximum absolute atomic E-state index is 12.2. The summed E-state index contributed by atoms with van der Waals surface area (Å²) < 4.78 is 1.89. The highest BCUT2D eigenvalue weighted by atomic mass is 32.2. The van der Waals surface area contributed by atoms with Gasteiger partial charge in [0.05, 0.1) is 5.75 Å². The van der Waals surface area contributed by atoms with Crippen molar-refractivity contribution in [3.63, 3.8) is 0 Å². The van der Waals surface area contributed by atoms with Crippen LogP contribution in [0.4, 0.5) is 4.79 Å². The number of nitrogens with one attached hydrogen (secondary N) is 2. The van der Waals surface area contributed by atoms with Crippen molar-refractivity contribution >= 4 is 29.6 Å². The van der Waals surface area contributed by atoms with E-state index in [1.807, 2.05) is 11.6 Å². The highest BCUT2D eigenvalue weighted by Gasteiger charge is 2.47. The minimum absolute atomic E-state index is 0.0382. The van der Waals surface area contributed by atoms with Crippen molar-refractivity contribution in [2.24, 2.45) is 7.05 Å². The molecule has 2 N–H and O–H groups in total. The van der Waals surface area contributed by atoms with Gasteiger partial charge in [0.2, 0.25) is 5.91 Å². The van der Waals surface area contributed by atoms with E-state index in [9.17, 15) is 14.4 Å². The van der Waals surface area contributed by atoms with E-state index < -0.39 is 23.4 Å². The van der Waals surface area contributed by atoms with Gasteiger partial charge in [-0.25, -0.2) is 4.79 Å². The van der Waals surface area contributed by atoms with Gasteiger partial charge in [0.1, 0.15) is 11.4 Å². The van der Waals surface area contributed by atoms with E-state index in [1.165, 1.54) is 11.8 Å². The molecule has 3 rings (SSSR count). The molecule has 130 valence electrons. The summed E-state index contributed by atoms with van der Waals surface area (Å²) in [4.78, 5) is 36.1. The van der Waals surface area contributed by atoms with Crippen LogP contribution < -0.4 is 10.7 Å². The number of hydrogen-bond donors (Lipinski definition) is 2. The topological polar surface area (TPSA) is 109 Å². The van der Waals surface area contributed by atoms with E-state index in [2.05, 4.69) is 20.9 Å². The van der Waals surface area contributed by atoms with Crippen LogP contribution in [0.3, 0.4) is 0 Å². The Hall–Kier alpha value is -2.10. The van der Waals surface area contributed by atoms with Crippen LogP contribution in [0, 0.1) is 0 Å². The van der Waals surface area contributed by atoms with Gasteiger partial charge < -0.3 is 9.88 Å². The first kappa shape index (κ1) is 16.7. The monoisotopic (exact) mass is 352 g/mol. The van der Waals surface area contributed by atoms with Gasteiger partial charge in [0, 0.05) is 13.0 Å². The number of thioether (sulfide) groups is 1. The zero-order valence-electron chi connectivity index (χ0n) is 13.8. The van der Waals surface area contributed by atoms with Gasteiger partial charge in [0.25, 0.3) is 5.91 Å². The second-order valence-corrected chi connectivity index (χ2v) is 7.20. The van der Waals surface area contributed by atoms with E-state index in [-0.39, 0.29) is 5.75 Å². The van der Waals surface area contributed by atoms with Crippen molar-refractivity contribution < 1.29 is 14.4 Å². The first-order valence-corrected chi connectivity index (χ1v) is 8.82. The molecular weight excluding hydrogens is 332 g/mol.